The lowest BCUT2D eigenvalue weighted by Crippen LogP contribution is -2.16. The van der Waals surface area contributed by atoms with Crippen molar-refractivity contribution in [2.24, 2.45) is 0 Å². The van der Waals surface area contributed by atoms with Crippen molar-refractivity contribution < 1.29 is 14.3 Å². The van der Waals surface area contributed by atoms with E-state index in [0.717, 1.165) is 10.7 Å². The van der Waals surface area contributed by atoms with Crippen LogP contribution in [0.5, 0.6) is 11.5 Å². The normalized spacial score (nSPS) is 13.3. The number of aryl methyl sites for hydroxylation is 1. The van der Waals surface area contributed by atoms with Gasteiger partial charge in [0.1, 0.15) is 13.2 Å². The number of aromatic nitrogens is 1. The van der Waals surface area contributed by atoms with Gasteiger partial charge in [-0.3, -0.25) is 4.79 Å². The highest BCUT2D eigenvalue weighted by molar-refractivity contribution is 7.09. The third-order valence-corrected chi connectivity index (χ3v) is 3.69. The molecule has 0 saturated heterocycles. The lowest BCUT2D eigenvalue weighted by Gasteiger charge is -2.18. The quantitative estimate of drug-likeness (QED) is 0.808. The summed E-state index contributed by atoms with van der Waals surface area (Å²) in [6, 6.07) is 5.30. The Balaban J connectivity index is 1.80. The molecule has 3 rings (SSSR count). The van der Waals surface area contributed by atoms with Gasteiger partial charge in [-0.2, -0.15) is 0 Å². The summed E-state index contributed by atoms with van der Waals surface area (Å²) < 4.78 is 10.9. The highest BCUT2D eigenvalue weighted by atomic mass is 32.1. The standard InChI is InChI=1S/C14H13NO3S/c1-9-15-11(8-19-9)7-12(16)10-2-3-13-14(6-10)18-5-4-17-13/h2-3,6,8H,4-5,7H2,1H3. The molecule has 1 aromatic heterocycles. The molecule has 0 saturated carbocycles. The minimum atomic E-state index is 0.0438. The van der Waals surface area contributed by atoms with Crippen molar-refractivity contribution in [3.8, 4) is 11.5 Å². The molecule has 2 heterocycles. The fourth-order valence-electron chi connectivity index (χ4n) is 1.97. The van der Waals surface area contributed by atoms with Crippen LogP contribution < -0.4 is 9.47 Å². The van der Waals surface area contributed by atoms with Crippen LogP contribution in [0.25, 0.3) is 0 Å². The minimum Gasteiger partial charge on any atom is -0.486 e. The molecule has 1 aromatic carbocycles. The van der Waals surface area contributed by atoms with Gasteiger partial charge in [-0.05, 0) is 25.1 Å². The van der Waals surface area contributed by atoms with E-state index in [2.05, 4.69) is 4.98 Å². The number of carbonyl (C=O) groups excluding carboxylic acids is 1. The number of ketones is 1. The van der Waals surface area contributed by atoms with E-state index < -0.39 is 0 Å². The summed E-state index contributed by atoms with van der Waals surface area (Å²) >= 11 is 1.56. The number of rotatable bonds is 3. The van der Waals surface area contributed by atoms with Crippen molar-refractivity contribution in [3.63, 3.8) is 0 Å². The Bertz CT molecular complexity index is 621. The maximum atomic E-state index is 12.2. The third-order valence-electron chi connectivity index (χ3n) is 2.87. The molecule has 2 aromatic rings. The zero-order chi connectivity index (χ0) is 13.2. The molecule has 98 valence electrons. The molecule has 0 atom stereocenters. The van der Waals surface area contributed by atoms with Crippen molar-refractivity contribution in [2.75, 3.05) is 13.2 Å². The Morgan fingerprint density at radius 1 is 1.32 bits per heavy atom. The van der Waals surface area contributed by atoms with Crippen LogP contribution in [0, 0.1) is 6.92 Å². The second-order valence-electron chi connectivity index (χ2n) is 4.32. The number of nitrogens with zero attached hydrogens (tertiary/aromatic N) is 1. The molecular weight excluding hydrogens is 262 g/mol. The van der Waals surface area contributed by atoms with Gasteiger partial charge in [0.25, 0.3) is 0 Å². The van der Waals surface area contributed by atoms with Crippen molar-refractivity contribution in [3.05, 3.63) is 39.8 Å². The first-order valence-corrected chi connectivity index (χ1v) is 6.94. The minimum absolute atomic E-state index is 0.0438. The number of Topliss-reactive ketones (excluding diaryl/α,β-unsaturated/α-hetero) is 1. The predicted molar refractivity (Wildman–Crippen MR) is 72.3 cm³/mol. The molecule has 19 heavy (non-hydrogen) atoms. The van der Waals surface area contributed by atoms with Gasteiger partial charge in [0.2, 0.25) is 0 Å². The fraction of sp³-hybridized carbons (Fsp3) is 0.286. The fourth-order valence-corrected chi connectivity index (χ4v) is 2.59. The average molecular weight is 275 g/mol. The first kappa shape index (κ1) is 12.2. The number of benzene rings is 1. The van der Waals surface area contributed by atoms with Gasteiger partial charge in [-0.15, -0.1) is 11.3 Å². The summed E-state index contributed by atoms with van der Waals surface area (Å²) in [5.41, 5.74) is 1.46. The molecule has 0 radical (unpaired) electrons. The Morgan fingerprint density at radius 3 is 2.84 bits per heavy atom. The van der Waals surface area contributed by atoms with E-state index in [1.807, 2.05) is 12.3 Å². The van der Waals surface area contributed by atoms with Crippen molar-refractivity contribution >= 4 is 17.1 Å². The maximum Gasteiger partial charge on any atom is 0.168 e. The highest BCUT2D eigenvalue weighted by Crippen LogP contribution is 2.31. The molecule has 0 unspecified atom stereocenters. The molecule has 1 aliphatic rings. The van der Waals surface area contributed by atoms with Crippen molar-refractivity contribution in [1.82, 2.24) is 4.98 Å². The van der Waals surface area contributed by atoms with Crippen LogP contribution in [0.15, 0.2) is 23.6 Å². The van der Waals surface area contributed by atoms with Gasteiger partial charge in [0.05, 0.1) is 17.1 Å². The van der Waals surface area contributed by atoms with E-state index in [4.69, 9.17) is 9.47 Å². The first-order valence-electron chi connectivity index (χ1n) is 6.06. The maximum absolute atomic E-state index is 12.2. The molecule has 0 aliphatic carbocycles. The Kier molecular flexibility index (Phi) is 3.21. The molecule has 0 N–H and O–H groups in total. The summed E-state index contributed by atoms with van der Waals surface area (Å²) in [6.07, 6.45) is 0.323. The lowest BCUT2D eigenvalue weighted by atomic mass is 10.1. The van der Waals surface area contributed by atoms with Crippen LogP contribution in [0.3, 0.4) is 0 Å². The SMILES string of the molecule is Cc1nc(CC(=O)c2ccc3c(c2)OCCO3)cs1. The summed E-state index contributed by atoms with van der Waals surface area (Å²) in [6.45, 7) is 3.01. The Hall–Kier alpha value is -1.88. The van der Waals surface area contributed by atoms with E-state index >= 15 is 0 Å². The molecule has 1 aliphatic heterocycles. The monoisotopic (exact) mass is 275 g/mol. The van der Waals surface area contributed by atoms with Gasteiger partial charge < -0.3 is 9.47 Å². The van der Waals surface area contributed by atoms with E-state index in [1.54, 1.807) is 29.5 Å². The lowest BCUT2D eigenvalue weighted by molar-refractivity contribution is 0.0991. The summed E-state index contributed by atoms with van der Waals surface area (Å²) in [4.78, 5) is 16.5. The van der Waals surface area contributed by atoms with E-state index in [9.17, 15) is 4.79 Å². The molecule has 0 spiro atoms. The first-order chi connectivity index (χ1) is 9.22. The summed E-state index contributed by atoms with van der Waals surface area (Å²) in [7, 11) is 0. The van der Waals surface area contributed by atoms with Gasteiger partial charge in [0.15, 0.2) is 17.3 Å². The number of hydrogen-bond acceptors (Lipinski definition) is 5. The van der Waals surface area contributed by atoms with Crippen LogP contribution >= 0.6 is 11.3 Å². The van der Waals surface area contributed by atoms with Crippen molar-refractivity contribution in [2.45, 2.75) is 13.3 Å². The zero-order valence-electron chi connectivity index (χ0n) is 10.5. The smallest absolute Gasteiger partial charge is 0.168 e. The van der Waals surface area contributed by atoms with Gasteiger partial charge in [-0.1, -0.05) is 0 Å². The summed E-state index contributed by atoms with van der Waals surface area (Å²) in [5.74, 6) is 1.39. The molecule has 0 bridgehead atoms. The Morgan fingerprint density at radius 2 is 2.11 bits per heavy atom. The van der Waals surface area contributed by atoms with Gasteiger partial charge >= 0.3 is 0 Å². The van der Waals surface area contributed by atoms with Crippen molar-refractivity contribution in [1.29, 1.82) is 0 Å². The summed E-state index contributed by atoms with van der Waals surface area (Å²) in [5, 5.41) is 2.90. The van der Waals surface area contributed by atoms with E-state index in [-0.39, 0.29) is 5.78 Å². The Labute approximate surface area is 115 Å². The third kappa shape index (κ3) is 2.61. The number of fused-ring (bicyclic) bond motifs is 1. The van der Waals surface area contributed by atoms with Crippen LogP contribution in [0.1, 0.15) is 21.1 Å². The van der Waals surface area contributed by atoms with E-state index in [1.165, 1.54) is 0 Å². The van der Waals surface area contributed by atoms with Crippen LogP contribution in [-0.4, -0.2) is 24.0 Å². The largest absolute Gasteiger partial charge is 0.486 e. The van der Waals surface area contributed by atoms with E-state index in [0.29, 0.717) is 36.7 Å². The second kappa shape index (κ2) is 5.01. The number of thiazole rings is 1. The number of hydrogen-bond donors (Lipinski definition) is 0. The molecule has 0 fully saturated rings. The van der Waals surface area contributed by atoms with Gasteiger partial charge in [0, 0.05) is 10.9 Å². The average Bonchev–Trinajstić information content (AvgIpc) is 2.83. The number of ether oxygens (including phenoxy) is 2. The zero-order valence-corrected chi connectivity index (χ0v) is 11.3. The van der Waals surface area contributed by atoms with Gasteiger partial charge in [-0.25, -0.2) is 4.98 Å². The molecule has 4 nitrogen and oxygen atoms in total. The highest BCUT2D eigenvalue weighted by Gasteiger charge is 2.15. The predicted octanol–water partition coefficient (Wildman–Crippen LogP) is 2.65. The molecule has 0 amide bonds. The molecular formula is C14H13NO3S. The van der Waals surface area contributed by atoms with Crippen LogP contribution in [-0.2, 0) is 6.42 Å². The number of carbonyl (C=O) groups is 1. The van der Waals surface area contributed by atoms with Crippen LogP contribution in [0.4, 0.5) is 0 Å². The van der Waals surface area contributed by atoms with Crippen LogP contribution in [0.2, 0.25) is 0 Å². The topological polar surface area (TPSA) is 48.4 Å². The second-order valence-corrected chi connectivity index (χ2v) is 5.38. The molecule has 5 heteroatoms.